The molecule has 0 unspecified atom stereocenters. The molecule has 0 aliphatic carbocycles. The smallest absolute Gasteiger partial charge is 0.216 e. The summed E-state index contributed by atoms with van der Waals surface area (Å²) in [6, 6.07) is 0. The van der Waals surface area contributed by atoms with E-state index in [2.05, 4.69) is 24.3 Å². The van der Waals surface area contributed by atoms with Crippen molar-refractivity contribution in [2.45, 2.75) is 59.2 Å². The van der Waals surface area contributed by atoms with Crippen molar-refractivity contribution in [2.24, 2.45) is 5.92 Å². The predicted molar refractivity (Wildman–Crippen MR) is 96.2 cm³/mol. The van der Waals surface area contributed by atoms with Crippen LogP contribution in [-0.4, -0.2) is 45.1 Å². The van der Waals surface area contributed by atoms with Crippen LogP contribution in [0.15, 0.2) is 0 Å². The molecule has 1 saturated heterocycles. The van der Waals surface area contributed by atoms with Crippen molar-refractivity contribution in [3.05, 3.63) is 11.3 Å². The molecule has 0 amide bonds. The van der Waals surface area contributed by atoms with E-state index < -0.39 is 5.60 Å². The van der Waals surface area contributed by atoms with Gasteiger partial charge in [-0.25, -0.2) is 4.68 Å². The number of aryl methyl sites for hydroxylation is 1. The van der Waals surface area contributed by atoms with Gasteiger partial charge in [0.25, 0.3) is 0 Å². The standard InChI is InChI=1S/C17H31N3O2S/c1-5-22-16-15(14(4)19-20(16)11-13(2)3)10-18-12-17(21)6-8-23-9-7-17/h13,18,21H,5-12H2,1-4H3. The van der Waals surface area contributed by atoms with Crippen molar-refractivity contribution in [3.8, 4) is 5.88 Å². The first-order chi connectivity index (χ1) is 10.9. The summed E-state index contributed by atoms with van der Waals surface area (Å²) in [5, 5.41) is 18.7. The van der Waals surface area contributed by atoms with E-state index in [-0.39, 0.29) is 0 Å². The van der Waals surface area contributed by atoms with E-state index in [4.69, 9.17) is 4.74 Å². The van der Waals surface area contributed by atoms with Gasteiger partial charge in [0.1, 0.15) is 0 Å². The van der Waals surface area contributed by atoms with Gasteiger partial charge in [-0.15, -0.1) is 0 Å². The minimum Gasteiger partial charge on any atom is -0.478 e. The number of rotatable bonds is 8. The highest BCUT2D eigenvalue weighted by Gasteiger charge is 2.29. The number of ether oxygens (including phenoxy) is 1. The van der Waals surface area contributed by atoms with Crippen LogP contribution < -0.4 is 10.1 Å². The molecule has 1 aliphatic heterocycles. The molecule has 2 rings (SSSR count). The molecule has 6 heteroatoms. The molecule has 0 atom stereocenters. The molecule has 1 aromatic heterocycles. The second-order valence-corrected chi connectivity index (χ2v) is 8.04. The highest BCUT2D eigenvalue weighted by Crippen LogP contribution is 2.27. The Balaban J connectivity index is 2.01. The quantitative estimate of drug-likeness (QED) is 0.761. The average Bonchev–Trinajstić information content (AvgIpc) is 2.76. The van der Waals surface area contributed by atoms with Gasteiger partial charge in [0, 0.05) is 19.6 Å². The van der Waals surface area contributed by atoms with Crippen LogP contribution in [-0.2, 0) is 13.1 Å². The zero-order chi connectivity index (χ0) is 16.9. The topological polar surface area (TPSA) is 59.3 Å². The Labute approximate surface area is 144 Å². The van der Waals surface area contributed by atoms with Gasteiger partial charge in [0.15, 0.2) is 0 Å². The molecule has 2 heterocycles. The fourth-order valence-electron chi connectivity index (χ4n) is 2.92. The van der Waals surface area contributed by atoms with Gasteiger partial charge >= 0.3 is 0 Å². The van der Waals surface area contributed by atoms with Crippen molar-refractivity contribution in [3.63, 3.8) is 0 Å². The summed E-state index contributed by atoms with van der Waals surface area (Å²) in [7, 11) is 0. The van der Waals surface area contributed by atoms with E-state index in [1.165, 1.54) is 0 Å². The molecule has 2 N–H and O–H groups in total. The number of hydrogen-bond acceptors (Lipinski definition) is 5. The van der Waals surface area contributed by atoms with Gasteiger partial charge in [-0.3, -0.25) is 0 Å². The fraction of sp³-hybridized carbons (Fsp3) is 0.824. The van der Waals surface area contributed by atoms with Crippen LogP contribution in [0.25, 0.3) is 0 Å². The van der Waals surface area contributed by atoms with Gasteiger partial charge < -0.3 is 15.2 Å². The summed E-state index contributed by atoms with van der Waals surface area (Å²) in [4.78, 5) is 0. The normalized spacial score (nSPS) is 17.7. The maximum atomic E-state index is 10.6. The number of thioether (sulfide) groups is 1. The van der Waals surface area contributed by atoms with Gasteiger partial charge in [-0.2, -0.15) is 16.9 Å². The Morgan fingerprint density at radius 1 is 1.39 bits per heavy atom. The van der Waals surface area contributed by atoms with Gasteiger partial charge in [0.2, 0.25) is 5.88 Å². The Kier molecular flexibility index (Phi) is 6.80. The molecule has 0 radical (unpaired) electrons. The molecule has 5 nitrogen and oxygen atoms in total. The third-order valence-corrected chi connectivity index (χ3v) is 5.18. The second kappa shape index (κ2) is 8.40. The number of aliphatic hydroxyl groups is 1. The van der Waals surface area contributed by atoms with E-state index in [1.54, 1.807) is 0 Å². The van der Waals surface area contributed by atoms with E-state index >= 15 is 0 Å². The number of nitrogens with one attached hydrogen (secondary N) is 1. The van der Waals surface area contributed by atoms with E-state index in [0.29, 0.717) is 25.6 Å². The predicted octanol–water partition coefficient (Wildman–Crippen LogP) is 2.59. The SMILES string of the molecule is CCOc1c(CNCC2(O)CCSCC2)c(C)nn1CC(C)C. The highest BCUT2D eigenvalue weighted by molar-refractivity contribution is 7.99. The van der Waals surface area contributed by atoms with Crippen molar-refractivity contribution in [2.75, 3.05) is 24.7 Å². The van der Waals surface area contributed by atoms with Crippen LogP contribution in [0.5, 0.6) is 5.88 Å². The molecule has 0 saturated carbocycles. The maximum absolute atomic E-state index is 10.6. The van der Waals surface area contributed by atoms with E-state index in [9.17, 15) is 5.11 Å². The first-order valence-corrected chi connectivity index (χ1v) is 9.80. The van der Waals surface area contributed by atoms with Crippen molar-refractivity contribution < 1.29 is 9.84 Å². The van der Waals surface area contributed by atoms with Crippen LogP contribution in [0.1, 0.15) is 44.9 Å². The van der Waals surface area contributed by atoms with Gasteiger partial charge in [-0.1, -0.05) is 13.8 Å². The fourth-order valence-corrected chi connectivity index (χ4v) is 4.17. The number of aromatic nitrogens is 2. The molecular weight excluding hydrogens is 310 g/mol. The minimum atomic E-state index is -0.557. The largest absolute Gasteiger partial charge is 0.478 e. The van der Waals surface area contributed by atoms with Gasteiger partial charge in [-0.05, 0) is 44.1 Å². The minimum absolute atomic E-state index is 0.523. The molecule has 0 bridgehead atoms. The highest BCUT2D eigenvalue weighted by atomic mass is 32.2. The Bertz CT molecular complexity index is 496. The number of nitrogens with zero attached hydrogens (tertiary/aromatic N) is 2. The molecule has 1 fully saturated rings. The Morgan fingerprint density at radius 2 is 2.09 bits per heavy atom. The third-order valence-electron chi connectivity index (χ3n) is 4.20. The monoisotopic (exact) mass is 341 g/mol. The first-order valence-electron chi connectivity index (χ1n) is 8.65. The van der Waals surface area contributed by atoms with Crippen LogP contribution in [0, 0.1) is 12.8 Å². The van der Waals surface area contributed by atoms with E-state index in [0.717, 1.165) is 48.0 Å². The third kappa shape index (κ3) is 5.13. The Morgan fingerprint density at radius 3 is 2.70 bits per heavy atom. The maximum Gasteiger partial charge on any atom is 0.216 e. The lowest BCUT2D eigenvalue weighted by Gasteiger charge is -2.32. The van der Waals surface area contributed by atoms with Crippen LogP contribution in [0.3, 0.4) is 0 Å². The average molecular weight is 342 g/mol. The summed E-state index contributed by atoms with van der Waals surface area (Å²) in [5.74, 6) is 3.49. The summed E-state index contributed by atoms with van der Waals surface area (Å²) in [5.41, 5.74) is 1.56. The molecule has 23 heavy (non-hydrogen) atoms. The zero-order valence-electron chi connectivity index (χ0n) is 14.9. The molecule has 132 valence electrons. The molecule has 1 aliphatic rings. The van der Waals surface area contributed by atoms with Crippen LogP contribution in [0.2, 0.25) is 0 Å². The van der Waals surface area contributed by atoms with Crippen LogP contribution in [0.4, 0.5) is 0 Å². The zero-order valence-corrected chi connectivity index (χ0v) is 15.7. The summed E-state index contributed by atoms with van der Waals surface area (Å²) < 4.78 is 7.83. The molecule has 0 aromatic carbocycles. The summed E-state index contributed by atoms with van der Waals surface area (Å²) in [6.07, 6.45) is 1.74. The molecule has 0 spiro atoms. The Hall–Kier alpha value is -0.720. The second-order valence-electron chi connectivity index (χ2n) is 6.82. The molecular formula is C17H31N3O2S. The van der Waals surface area contributed by atoms with Crippen molar-refractivity contribution >= 4 is 11.8 Å². The van der Waals surface area contributed by atoms with Gasteiger partial charge in [0.05, 0.1) is 23.5 Å². The number of hydrogen-bond donors (Lipinski definition) is 2. The van der Waals surface area contributed by atoms with Crippen LogP contribution >= 0.6 is 11.8 Å². The lowest BCUT2D eigenvalue weighted by molar-refractivity contribution is 0.0319. The van der Waals surface area contributed by atoms with E-state index in [1.807, 2.05) is 30.3 Å². The molecule has 1 aromatic rings. The first kappa shape index (κ1) is 18.6. The summed E-state index contributed by atoms with van der Waals surface area (Å²) in [6.45, 7) is 11.2. The lowest BCUT2D eigenvalue weighted by atomic mass is 9.97. The summed E-state index contributed by atoms with van der Waals surface area (Å²) >= 11 is 1.93. The van der Waals surface area contributed by atoms with Crippen molar-refractivity contribution in [1.82, 2.24) is 15.1 Å². The van der Waals surface area contributed by atoms with Crippen molar-refractivity contribution in [1.29, 1.82) is 0 Å². The lowest BCUT2D eigenvalue weighted by Crippen LogP contribution is -2.43.